The lowest BCUT2D eigenvalue weighted by Gasteiger charge is -1.95. The molecule has 0 spiro atoms. The van der Waals surface area contributed by atoms with E-state index in [0.29, 0.717) is 10.7 Å². The Morgan fingerprint density at radius 2 is 2.47 bits per heavy atom. The summed E-state index contributed by atoms with van der Waals surface area (Å²) in [6.07, 6.45) is 5.97. The molecule has 0 unspecified atom stereocenters. The molecule has 2 N–H and O–H groups in total. The van der Waals surface area contributed by atoms with Gasteiger partial charge in [-0.3, -0.25) is 9.59 Å². The van der Waals surface area contributed by atoms with Gasteiger partial charge in [-0.25, -0.2) is 4.98 Å². The highest BCUT2D eigenvalue weighted by molar-refractivity contribution is 7.98. The van der Waals surface area contributed by atoms with E-state index in [0.717, 1.165) is 0 Å². The number of hydrogen-bond acceptors (Lipinski definition) is 4. The summed E-state index contributed by atoms with van der Waals surface area (Å²) in [6, 6.07) is 0. The number of carboxylic acids is 1. The van der Waals surface area contributed by atoms with E-state index in [9.17, 15) is 9.59 Å². The molecule has 6 heteroatoms. The average Bonchev–Trinajstić information content (AvgIpc) is 2.20. The van der Waals surface area contributed by atoms with Gasteiger partial charge in [0, 0.05) is 6.20 Å². The van der Waals surface area contributed by atoms with Crippen LogP contribution in [0.25, 0.3) is 6.08 Å². The molecular formula is C9H10N2O3S. The average molecular weight is 226 g/mol. The van der Waals surface area contributed by atoms with Gasteiger partial charge in [-0.2, -0.15) is 0 Å². The minimum absolute atomic E-state index is 0.107. The number of carbonyl (C=O) groups is 1. The Labute approximate surface area is 90.2 Å². The second kappa shape index (κ2) is 5.35. The summed E-state index contributed by atoms with van der Waals surface area (Å²) in [5, 5.41) is 8.92. The maximum atomic E-state index is 11.4. The van der Waals surface area contributed by atoms with Crippen LogP contribution in [0.5, 0.6) is 0 Å². The molecule has 1 heterocycles. The molecule has 0 aromatic carbocycles. The smallest absolute Gasteiger partial charge is 0.307 e. The van der Waals surface area contributed by atoms with Crippen LogP contribution in [0.1, 0.15) is 12.0 Å². The zero-order valence-electron chi connectivity index (χ0n) is 8.06. The second-order valence-electron chi connectivity index (χ2n) is 2.68. The van der Waals surface area contributed by atoms with Crippen LogP contribution >= 0.6 is 11.8 Å². The quantitative estimate of drug-likeness (QED) is 0.590. The molecule has 1 aromatic rings. The molecule has 0 atom stereocenters. The van der Waals surface area contributed by atoms with Crippen molar-refractivity contribution < 1.29 is 9.90 Å². The fourth-order valence-electron chi connectivity index (χ4n) is 0.898. The van der Waals surface area contributed by atoms with Crippen LogP contribution in [-0.2, 0) is 4.79 Å². The summed E-state index contributed by atoms with van der Waals surface area (Å²) in [7, 11) is 0. The zero-order chi connectivity index (χ0) is 11.3. The molecule has 0 amide bonds. The Kier molecular flexibility index (Phi) is 4.11. The Balaban J connectivity index is 2.83. The van der Waals surface area contributed by atoms with Gasteiger partial charge in [-0.15, -0.1) is 0 Å². The number of hydrogen-bond donors (Lipinski definition) is 2. The Morgan fingerprint density at radius 3 is 3.00 bits per heavy atom. The number of aromatic amines is 1. The van der Waals surface area contributed by atoms with Crippen LogP contribution in [0.4, 0.5) is 0 Å². The van der Waals surface area contributed by atoms with Gasteiger partial charge in [-0.1, -0.05) is 23.9 Å². The Bertz CT molecular complexity index is 439. The van der Waals surface area contributed by atoms with Gasteiger partial charge in [0.25, 0.3) is 5.56 Å². The third-order valence-electron chi connectivity index (χ3n) is 1.59. The van der Waals surface area contributed by atoms with Crippen LogP contribution in [0.15, 0.2) is 22.2 Å². The highest BCUT2D eigenvalue weighted by Crippen LogP contribution is 2.04. The predicted molar refractivity (Wildman–Crippen MR) is 57.9 cm³/mol. The van der Waals surface area contributed by atoms with Crippen molar-refractivity contribution in [2.45, 2.75) is 11.6 Å². The van der Waals surface area contributed by atoms with Gasteiger partial charge in [0.15, 0.2) is 5.16 Å². The first-order valence-electron chi connectivity index (χ1n) is 4.15. The molecule has 15 heavy (non-hydrogen) atoms. The molecule has 0 saturated carbocycles. The largest absolute Gasteiger partial charge is 0.481 e. The maximum absolute atomic E-state index is 11.4. The van der Waals surface area contributed by atoms with Crippen LogP contribution < -0.4 is 5.56 Å². The van der Waals surface area contributed by atoms with E-state index in [1.165, 1.54) is 30.1 Å². The van der Waals surface area contributed by atoms with Crippen molar-refractivity contribution in [1.29, 1.82) is 0 Å². The van der Waals surface area contributed by atoms with E-state index < -0.39 is 5.97 Å². The third-order valence-corrected chi connectivity index (χ3v) is 2.18. The molecule has 0 aliphatic carbocycles. The topological polar surface area (TPSA) is 83.0 Å². The normalized spacial score (nSPS) is 10.7. The van der Waals surface area contributed by atoms with Gasteiger partial charge in [0.1, 0.15) is 0 Å². The van der Waals surface area contributed by atoms with Crippen molar-refractivity contribution in [3.63, 3.8) is 0 Å². The molecule has 0 radical (unpaired) electrons. The summed E-state index contributed by atoms with van der Waals surface area (Å²) >= 11 is 1.34. The summed E-state index contributed by atoms with van der Waals surface area (Å²) in [5.74, 6) is -0.934. The number of aliphatic carboxylic acids is 1. The summed E-state index contributed by atoms with van der Waals surface area (Å²) in [6.45, 7) is 0. The molecule has 5 nitrogen and oxygen atoms in total. The van der Waals surface area contributed by atoms with Gasteiger partial charge >= 0.3 is 5.97 Å². The van der Waals surface area contributed by atoms with E-state index in [-0.39, 0.29) is 12.0 Å². The van der Waals surface area contributed by atoms with E-state index in [4.69, 9.17) is 5.11 Å². The number of carboxylic acid groups (broad SMARTS) is 1. The van der Waals surface area contributed by atoms with Crippen molar-refractivity contribution in [2.24, 2.45) is 0 Å². The first-order chi connectivity index (χ1) is 7.13. The van der Waals surface area contributed by atoms with Crippen LogP contribution in [0.2, 0.25) is 0 Å². The van der Waals surface area contributed by atoms with E-state index in [1.807, 2.05) is 0 Å². The zero-order valence-corrected chi connectivity index (χ0v) is 8.87. The first kappa shape index (κ1) is 11.5. The van der Waals surface area contributed by atoms with Gasteiger partial charge in [0.2, 0.25) is 0 Å². The SMILES string of the molecule is CSc1ncc(C=CCC(=O)O)c(=O)[nH]1. The highest BCUT2D eigenvalue weighted by atomic mass is 32.2. The predicted octanol–water partition coefficient (Wildman–Crippen LogP) is 0.980. The molecule has 0 aliphatic heterocycles. The minimum Gasteiger partial charge on any atom is -0.481 e. The van der Waals surface area contributed by atoms with E-state index in [2.05, 4.69) is 9.97 Å². The molecule has 1 rings (SSSR count). The molecule has 0 bridgehead atoms. The number of nitrogens with zero attached hydrogens (tertiary/aromatic N) is 1. The summed E-state index contributed by atoms with van der Waals surface area (Å²) in [5.41, 5.74) is 0.0880. The van der Waals surface area contributed by atoms with E-state index in [1.54, 1.807) is 6.26 Å². The third kappa shape index (κ3) is 3.59. The van der Waals surface area contributed by atoms with Crippen molar-refractivity contribution in [1.82, 2.24) is 9.97 Å². The standard InChI is InChI=1S/C9H10N2O3S/c1-15-9-10-5-6(8(14)11-9)3-2-4-7(12)13/h2-3,5H,4H2,1H3,(H,12,13)(H,10,11,14). The Hall–Kier alpha value is -1.56. The fourth-order valence-corrected chi connectivity index (χ4v) is 1.25. The molecule has 1 aromatic heterocycles. The second-order valence-corrected chi connectivity index (χ2v) is 3.47. The van der Waals surface area contributed by atoms with Crippen LogP contribution in [0.3, 0.4) is 0 Å². The number of nitrogens with one attached hydrogen (secondary N) is 1. The van der Waals surface area contributed by atoms with Crippen LogP contribution in [0, 0.1) is 0 Å². The van der Waals surface area contributed by atoms with E-state index >= 15 is 0 Å². The fraction of sp³-hybridized carbons (Fsp3) is 0.222. The lowest BCUT2D eigenvalue weighted by Crippen LogP contribution is -2.11. The van der Waals surface area contributed by atoms with Crippen LogP contribution in [-0.4, -0.2) is 27.3 Å². The lowest BCUT2D eigenvalue weighted by atomic mass is 10.3. The maximum Gasteiger partial charge on any atom is 0.307 e. The summed E-state index contributed by atoms with van der Waals surface area (Å²) < 4.78 is 0. The van der Waals surface area contributed by atoms with Crippen molar-refractivity contribution in [3.05, 3.63) is 28.2 Å². The molecular weight excluding hydrogens is 216 g/mol. The van der Waals surface area contributed by atoms with Crippen molar-refractivity contribution >= 4 is 23.8 Å². The van der Waals surface area contributed by atoms with Gasteiger partial charge in [-0.05, 0) is 6.26 Å². The van der Waals surface area contributed by atoms with Gasteiger partial charge < -0.3 is 10.1 Å². The Morgan fingerprint density at radius 1 is 1.73 bits per heavy atom. The molecule has 0 fully saturated rings. The van der Waals surface area contributed by atoms with Gasteiger partial charge in [0.05, 0.1) is 12.0 Å². The monoisotopic (exact) mass is 226 g/mol. The first-order valence-corrected chi connectivity index (χ1v) is 5.37. The molecule has 0 aliphatic rings. The lowest BCUT2D eigenvalue weighted by molar-refractivity contribution is -0.135. The summed E-state index contributed by atoms with van der Waals surface area (Å²) in [4.78, 5) is 28.1. The number of rotatable bonds is 4. The molecule has 80 valence electrons. The number of thioether (sulfide) groups is 1. The van der Waals surface area contributed by atoms with Crippen molar-refractivity contribution in [3.8, 4) is 0 Å². The van der Waals surface area contributed by atoms with Crippen molar-refractivity contribution in [2.75, 3.05) is 6.26 Å². The number of aromatic nitrogens is 2. The minimum atomic E-state index is -0.934. The highest BCUT2D eigenvalue weighted by Gasteiger charge is 1.98. The molecule has 0 saturated heterocycles. The number of H-pyrrole nitrogens is 1.